The number of methoxy groups -OCH3 is 1. The molecule has 1 unspecified atom stereocenters. The highest BCUT2D eigenvalue weighted by Gasteiger charge is 2.08. The van der Waals surface area contributed by atoms with Crippen molar-refractivity contribution in [2.75, 3.05) is 33.5 Å². The zero-order valence-corrected chi connectivity index (χ0v) is 11.4. The second-order valence-electron chi connectivity index (χ2n) is 3.84. The molecule has 1 atom stereocenters. The average Bonchev–Trinajstić information content (AvgIpc) is 2.42. The van der Waals surface area contributed by atoms with Gasteiger partial charge in [-0.2, -0.15) is 0 Å². The maximum Gasteiger partial charge on any atom is 0.150 e. The van der Waals surface area contributed by atoms with Crippen LogP contribution < -0.4 is 4.74 Å². The summed E-state index contributed by atoms with van der Waals surface area (Å²) in [6, 6.07) is 4.69. The molecule has 0 bridgehead atoms. The summed E-state index contributed by atoms with van der Waals surface area (Å²) in [6.45, 7) is 1.12. The predicted octanol–water partition coefficient (Wildman–Crippen LogP) is 1.56. The minimum absolute atomic E-state index is 0.0626. The van der Waals surface area contributed by atoms with Crippen molar-refractivity contribution in [3.8, 4) is 5.75 Å². The molecular formula is C13H17ClO5. The Morgan fingerprint density at radius 2 is 2.16 bits per heavy atom. The summed E-state index contributed by atoms with van der Waals surface area (Å²) >= 11 is 5.92. The number of rotatable bonds is 9. The number of ether oxygens (including phenoxy) is 3. The first-order valence-electron chi connectivity index (χ1n) is 5.79. The summed E-state index contributed by atoms with van der Waals surface area (Å²) < 4.78 is 15.3. The molecule has 19 heavy (non-hydrogen) atoms. The van der Waals surface area contributed by atoms with E-state index in [1.54, 1.807) is 19.2 Å². The number of hydrogen-bond donors (Lipinski definition) is 1. The van der Waals surface area contributed by atoms with Gasteiger partial charge in [-0.1, -0.05) is 11.6 Å². The van der Waals surface area contributed by atoms with Crippen LogP contribution in [0.15, 0.2) is 18.2 Å². The number of halogens is 1. The highest BCUT2D eigenvalue weighted by molar-refractivity contribution is 6.32. The van der Waals surface area contributed by atoms with Crippen molar-refractivity contribution in [3.63, 3.8) is 0 Å². The third-order valence-electron chi connectivity index (χ3n) is 2.27. The SMILES string of the molecule is COCCOCC(O)COc1ccc(C=O)cc1Cl. The lowest BCUT2D eigenvalue weighted by Crippen LogP contribution is -2.24. The average molecular weight is 289 g/mol. The van der Waals surface area contributed by atoms with Crippen LogP contribution >= 0.6 is 11.6 Å². The maximum atomic E-state index is 10.5. The van der Waals surface area contributed by atoms with Crippen molar-refractivity contribution < 1.29 is 24.1 Å². The van der Waals surface area contributed by atoms with E-state index in [4.69, 9.17) is 25.8 Å². The second kappa shape index (κ2) is 8.87. The summed E-state index contributed by atoms with van der Waals surface area (Å²) in [7, 11) is 1.58. The maximum absolute atomic E-state index is 10.5. The lowest BCUT2D eigenvalue weighted by Gasteiger charge is -2.13. The van der Waals surface area contributed by atoms with Gasteiger partial charge in [0.05, 0.1) is 24.8 Å². The fraction of sp³-hybridized carbons (Fsp3) is 0.462. The normalized spacial score (nSPS) is 12.2. The van der Waals surface area contributed by atoms with E-state index >= 15 is 0 Å². The minimum Gasteiger partial charge on any atom is -0.489 e. The predicted molar refractivity (Wildman–Crippen MR) is 71.0 cm³/mol. The first-order chi connectivity index (χ1) is 9.17. The molecule has 0 heterocycles. The van der Waals surface area contributed by atoms with Crippen LogP contribution in [-0.4, -0.2) is 51.0 Å². The molecule has 0 aliphatic heterocycles. The molecule has 0 amide bonds. The Morgan fingerprint density at radius 1 is 1.37 bits per heavy atom. The van der Waals surface area contributed by atoms with Crippen LogP contribution in [0.4, 0.5) is 0 Å². The number of aliphatic hydroxyl groups excluding tert-OH is 1. The van der Waals surface area contributed by atoms with E-state index in [2.05, 4.69) is 0 Å². The highest BCUT2D eigenvalue weighted by atomic mass is 35.5. The van der Waals surface area contributed by atoms with Crippen molar-refractivity contribution in [2.45, 2.75) is 6.10 Å². The van der Waals surface area contributed by atoms with Gasteiger partial charge in [0.15, 0.2) is 0 Å². The van der Waals surface area contributed by atoms with Gasteiger partial charge in [0.2, 0.25) is 0 Å². The van der Waals surface area contributed by atoms with Gasteiger partial charge in [-0.15, -0.1) is 0 Å². The van der Waals surface area contributed by atoms with Crippen LogP contribution in [0, 0.1) is 0 Å². The molecule has 0 fully saturated rings. The summed E-state index contributed by atoms with van der Waals surface area (Å²) in [6.07, 6.45) is -0.0487. The van der Waals surface area contributed by atoms with Gasteiger partial charge in [0.25, 0.3) is 0 Å². The van der Waals surface area contributed by atoms with Crippen LogP contribution in [0.1, 0.15) is 10.4 Å². The lowest BCUT2D eigenvalue weighted by molar-refractivity contribution is -0.00417. The molecule has 0 saturated heterocycles. The Morgan fingerprint density at radius 3 is 2.79 bits per heavy atom. The molecule has 0 spiro atoms. The topological polar surface area (TPSA) is 65.0 Å². The molecule has 6 heteroatoms. The number of carbonyl (C=O) groups excluding carboxylic acids is 1. The molecule has 0 aliphatic carbocycles. The van der Waals surface area contributed by atoms with E-state index in [0.717, 1.165) is 0 Å². The number of hydrogen-bond acceptors (Lipinski definition) is 5. The van der Waals surface area contributed by atoms with Gasteiger partial charge in [-0.05, 0) is 18.2 Å². The van der Waals surface area contributed by atoms with E-state index in [9.17, 15) is 9.90 Å². The van der Waals surface area contributed by atoms with Crippen LogP contribution in [-0.2, 0) is 9.47 Å². The van der Waals surface area contributed by atoms with Crippen molar-refractivity contribution in [1.82, 2.24) is 0 Å². The lowest BCUT2D eigenvalue weighted by atomic mass is 10.2. The van der Waals surface area contributed by atoms with Gasteiger partial charge >= 0.3 is 0 Å². The molecule has 106 valence electrons. The van der Waals surface area contributed by atoms with Crippen molar-refractivity contribution >= 4 is 17.9 Å². The molecule has 0 radical (unpaired) electrons. The van der Waals surface area contributed by atoms with Crippen LogP contribution in [0.3, 0.4) is 0 Å². The Kier molecular flexibility index (Phi) is 7.43. The first-order valence-corrected chi connectivity index (χ1v) is 6.17. The Bertz CT molecular complexity index is 397. The molecule has 0 saturated carbocycles. The summed E-state index contributed by atoms with van der Waals surface area (Å²) in [5.74, 6) is 0.420. The molecular weight excluding hydrogens is 272 g/mol. The van der Waals surface area contributed by atoms with E-state index < -0.39 is 6.10 Å². The largest absolute Gasteiger partial charge is 0.489 e. The Balaban J connectivity index is 2.33. The van der Waals surface area contributed by atoms with Crippen LogP contribution in [0.2, 0.25) is 5.02 Å². The van der Waals surface area contributed by atoms with E-state index in [-0.39, 0.29) is 13.2 Å². The van der Waals surface area contributed by atoms with Gasteiger partial charge in [0, 0.05) is 12.7 Å². The summed E-state index contributed by atoms with van der Waals surface area (Å²) in [5.41, 5.74) is 0.473. The minimum atomic E-state index is -0.751. The van der Waals surface area contributed by atoms with Crippen LogP contribution in [0.5, 0.6) is 5.75 Å². The summed E-state index contributed by atoms with van der Waals surface area (Å²) in [5, 5.41) is 9.94. The highest BCUT2D eigenvalue weighted by Crippen LogP contribution is 2.24. The zero-order valence-electron chi connectivity index (χ0n) is 10.7. The molecule has 0 aliphatic rings. The molecule has 1 rings (SSSR count). The van der Waals surface area contributed by atoms with E-state index in [0.29, 0.717) is 35.8 Å². The quantitative estimate of drug-likeness (QED) is 0.552. The smallest absolute Gasteiger partial charge is 0.150 e. The number of aldehydes is 1. The van der Waals surface area contributed by atoms with Crippen molar-refractivity contribution in [3.05, 3.63) is 28.8 Å². The molecule has 1 aromatic carbocycles. The number of benzene rings is 1. The van der Waals surface area contributed by atoms with Gasteiger partial charge in [-0.3, -0.25) is 4.79 Å². The second-order valence-corrected chi connectivity index (χ2v) is 4.25. The fourth-order valence-corrected chi connectivity index (χ4v) is 1.55. The van der Waals surface area contributed by atoms with Gasteiger partial charge in [0.1, 0.15) is 24.7 Å². The fourth-order valence-electron chi connectivity index (χ4n) is 1.30. The van der Waals surface area contributed by atoms with E-state index in [1.165, 1.54) is 6.07 Å². The van der Waals surface area contributed by atoms with Crippen molar-refractivity contribution in [1.29, 1.82) is 0 Å². The van der Waals surface area contributed by atoms with E-state index in [1.807, 2.05) is 0 Å². The zero-order chi connectivity index (χ0) is 14.1. The van der Waals surface area contributed by atoms with Crippen molar-refractivity contribution in [2.24, 2.45) is 0 Å². The Labute approximate surface area is 117 Å². The standard InChI is InChI=1S/C13H17ClO5/c1-17-4-5-18-8-11(16)9-19-13-3-2-10(7-15)6-12(13)14/h2-3,6-7,11,16H,4-5,8-9H2,1H3. The first kappa shape index (κ1) is 15.9. The third kappa shape index (κ3) is 6.02. The monoisotopic (exact) mass is 288 g/mol. The Hall–Kier alpha value is -1.14. The van der Waals surface area contributed by atoms with Gasteiger partial charge in [-0.25, -0.2) is 0 Å². The van der Waals surface area contributed by atoms with Crippen LogP contribution in [0.25, 0.3) is 0 Å². The molecule has 0 aromatic heterocycles. The molecule has 5 nitrogen and oxygen atoms in total. The molecule has 1 N–H and O–H groups in total. The van der Waals surface area contributed by atoms with Gasteiger partial charge < -0.3 is 19.3 Å². The molecule has 1 aromatic rings. The number of carbonyl (C=O) groups is 1. The third-order valence-corrected chi connectivity index (χ3v) is 2.56. The summed E-state index contributed by atoms with van der Waals surface area (Å²) in [4.78, 5) is 10.5. The number of aliphatic hydroxyl groups is 1.